The number of carbonyl (C=O) groups is 2. The molecule has 0 N–H and O–H groups in total. The Kier molecular flexibility index (Phi) is 12.0. The molecule has 28 heavy (non-hydrogen) atoms. The lowest BCUT2D eigenvalue weighted by Crippen LogP contribution is -2.08. The van der Waals surface area contributed by atoms with Gasteiger partial charge in [-0.3, -0.25) is 9.59 Å². The Morgan fingerprint density at radius 2 is 1.21 bits per heavy atom. The molecule has 0 amide bonds. The van der Waals surface area contributed by atoms with Crippen LogP contribution in [0.5, 0.6) is 0 Å². The van der Waals surface area contributed by atoms with E-state index in [4.69, 9.17) is 0 Å². The summed E-state index contributed by atoms with van der Waals surface area (Å²) < 4.78 is 1.40. The van der Waals surface area contributed by atoms with E-state index in [1.54, 1.807) is 13.8 Å². The minimum absolute atomic E-state index is 0.140. The van der Waals surface area contributed by atoms with Crippen LogP contribution in [0.1, 0.15) is 39.5 Å². The van der Waals surface area contributed by atoms with Gasteiger partial charge in [0, 0.05) is 33.5 Å². The molecule has 0 aromatic rings. The summed E-state index contributed by atoms with van der Waals surface area (Å²) in [7, 11) is 0. The number of carbonyl (C=O) groups excluding carboxylic acids is 2. The molecule has 2 heterocycles. The van der Waals surface area contributed by atoms with Crippen LogP contribution in [0.3, 0.4) is 0 Å². The molecule has 0 spiro atoms. The Morgan fingerprint density at radius 3 is 1.57 bits per heavy atom. The zero-order chi connectivity index (χ0) is 20.5. The van der Waals surface area contributed by atoms with Gasteiger partial charge < -0.3 is 0 Å². The second-order valence-corrected chi connectivity index (χ2v) is 15.2. The maximum absolute atomic E-state index is 11.7. The Bertz CT molecular complexity index is 529. The van der Waals surface area contributed by atoms with Gasteiger partial charge >= 0.3 is 0 Å². The fourth-order valence-corrected chi connectivity index (χ4v) is 11.8. The third kappa shape index (κ3) is 9.38. The molecule has 2 aliphatic heterocycles. The van der Waals surface area contributed by atoms with Crippen LogP contribution in [0.4, 0.5) is 0 Å². The van der Waals surface area contributed by atoms with E-state index >= 15 is 0 Å². The third-order valence-corrected chi connectivity index (χ3v) is 13.9. The molecule has 8 heteroatoms. The van der Waals surface area contributed by atoms with E-state index in [0.717, 1.165) is 11.5 Å². The molecule has 2 nitrogen and oxygen atoms in total. The van der Waals surface area contributed by atoms with Crippen LogP contribution in [0, 0.1) is 0 Å². The van der Waals surface area contributed by atoms with Crippen LogP contribution < -0.4 is 0 Å². The summed E-state index contributed by atoms with van der Waals surface area (Å²) in [5, 5.41) is 1.48. The van der Waals surface area contributed by atoms with E-state index in [0.29, 0.717) is 30.8 Å². The summed E-state index contributed by atoms with van der Waals surface area (Å²) in [5.74, 6) is 4.18. The molecule has 0 bridgehead atoms. The van der Waals surface area contributed by atoms with Crippen molar-refractivity contribution < 1.29 is 9.59 Å². The van der Waals surface area contributed by atoms with Gasteiger partial charge in [0.1, 0.15) is 0 Å². The number of hydrogen-bond acceptors (Lipinski definition) is 8. The molecule has 2 aliphatic rings. The Balaban J connectivity index is 1.51. The highest BCUT2D eigenvalue weighted by atomic mass is 32.2. The van der Waals surface area contributed by atoms with Gasteiger partial charge in [-0.25, -0.2) is 0 Å². The lowest BCUT2D eigenvalue weighted by Gasteiger charge is -2.12. The monoisotopic (exact) mass is 494 g/mol. The first-order chi connectivity index (χ1) is 13.3. The summed E-state index contributed by atoms with van der Waals surface area (Å²) in [5.41, 5.74) is 1.31. The molecule has 4 unspecified atom stereocenters. The molecular weight excluding hydrogens is 465 g/mol. The number of hydrogen-bond donors (Lipinski definition) is 0. The van der Waals surface area contributed by atoms with Crippen LogP contribution in [-0.4, -0.2) is 52.9 Å². The molecule has 0 aliphatic carbocycles. The van der Waals surface area contributed by atoms with Gasteiger partial charge in [0.2, 0.25) is 10.2 Å². The standard InChI is InChI=1S/C20H30O2S6/c1-13(2)19(21)25-11-15-9-23-17(27-15)7-5-6-8-18-24-10-16(28-18)12-26-20(22)14(3)4/h15-18H,1,3,5-12H2,2,4H3. The van der Waals surface area contributed by atoms with Gasteiger partial charge in [0.15, 0.2) is 0 Å². The lowest BCUT2D eigenvalue weighted by atomic mass is 10.2. The summed E-state index contributed by atoms with van der Waals surface area (Å²) >= 11 is 11.1. The van der Waals surface area contributed by atoms with Gasteiger partial charge in [-0.2, -0.15) is 0 Å². The van der Waals surface area contributed by atoms with Gasteiger partial charge in [0.05, 0.1) is 9.16 Å². The van der Waals surface area contributed by atoms with Crippen molar-refractivity contribution in [3.05, 3.63) is 24.3 Å². The molecule has 2 fully saturated rings. The Morgan fingerprint density at radius 1 is 0.821 bits per heavy atom. The van der Waals surface area contributed by atoms with Crippen LogP contribution in [0.15, 0.2) is 24.3 Å². The fourth-order valence-electron chi connectivity index (χ4n) is 2.70. The number of thioether (sulfide) groups is 6. The predicted octanol–water partition coefficient (Wildman–Crippen LogP) is 6.57. The van der Waals surface area contributed by atoms with Crippen LogP contribution in [0.2, 0.25) is 0 Å². The van der Waals surface area contributed by atoms with Crippen LogP contribution in [0.25, 0.3) is 0 Å². The first-order valence-electron chi connectivity index (χ1n) is 9.54. The maximum atomic E-state index is 11.7. The van der Waals surface area contributed by atoms with Crippen molar-refractivity contribution in [3.63, 3.8) is 0 Å². The fraction of sp³-hybridized carbons (Fsp3) is 0.700. The largest absolute Gasteiger partial charge is 0.282 e. The quantitative estimate of drug-likeness (QED) is 0.236. The van der Waals surface area contributed by atoms with Crippen molar-refractivity contribution in [1.29, 1.82) is 0 Å². The van der Waals surface area contributed by atoms with Crippen molar-refractivity contribution >= 4 is 80.8 Å². The molecular formula is C20H30O2S6. The first-order valence-corrected chi connectivity index (χ1v) is 15.5. The zero-order valence-corrected chi connectivity index (χ0v) is 21.5. The van der Waals surface area contributed by atoms with E-state index in [9.17, 15) is 9.59 Å². The van der Waals surface area contributed by atoms with Gasteiger partial charge in [-0.15, -0.1) is 47.0 Å². The van der Waals surface area contributed by atoms with Crippen molar-refractivity contribution in [1.82, 2.24) is 0 Å². The highest BCUT2D eigenvalue weighted by Crippen LogP contribution is 2.44. The summed E-state index contributed by atoms with van der Waals surface area (Å²) in [4.78, 5) is 23.3. The second kappa shape index (κ2) is 13.4. The Hall–Kier alpha value is 0.920. The van der Waals surface area contributed by atoms with E-state index in [1.807, 2.05) is 0 Å². The molecule has 0 aromatic heterocycles. The van der Waals surface area contributed by atoms with E-state index in [-0.39, 0.29) is 10.2 Å². The number of rotatable bonds is 11. The van der Waals surface area contributed by atoms with Gasteiger partial charge in [-0.05, 0) is 37.8 Å². The van der Waals surface area contributed by atoms with E-state index in [1.165, 1.54) is 60.7 Å². The maximum Gasteiger partial charge on any atom is 0.214 e. The summed E-state index contributed by atoms with van der Waals surface area (Å²) in [6, 6.07) is 0. The molecule has 0 radical (unpaired) electrons. The Labute approximate surface area is 195 Å². The van der Waals surface area contributed by atoms with Crippen molar-refractivity contribution in [2.45, 2.75) is 59.2 Å². The van der Waals surface area contributed by atoms with Crippen molar-refractivity contribution in [3.8, 4) is 0 Å². The minimum atomic E-state index is 0.140. The van der Waals surface area contributed by atoms with Crippen molar-refractivity contribution in [2.75, 3.05) is 23.0 Å². The van der Waals surface area contributed by atoms with Gasteiger partial charge in [0.25, 0.3) is 0 Å². The van der Waals surface area contributed by atoms with E-state index in [2.05, 4.69) is 60.2 Å². The predicted molar refractivity (Wildman–Crippen MR) is 138 cm³/mol. The molecule has 0 saturated carbocycles. The SMILES string of the molecule is C=C(C)C(=O)SCC1CSC(CCCCC2SCC(CSC(=O)C(=C)C)S2)S1. The minimum Gasteiger partial charge on any atom is -0.282 e. The first kappa shape index (κ1) is 25.2. The average Bonchev–Trinajstić information content (AvgIpc) is 3.30. The molecule has 158 valence electrons. The summed E-state index contributed by atoms with van der Waals surface area (Å²) in [6.45, 7) is 11.0. The number of unbranched alkanes of at least 4 members (excludes halogenated alkanes) is 1. The second-order valence-electron chi connectivity index (χ2n) is 7.08. The van der Waals surface area contributed by atoms with Crippen LogP contribution >= 0.6 is 70.6 Å². The smallest absolute Gasteiger partial charge is 0.214 e. The highest BCUT2D eigenvalue weighted by molar-refractivity contribution is 8.22. The van der Waals surface area contributed by atoms with Crippen molar-refractivity contribution in [2.24, 2.45) is 0 Å². The zero-order valence-electron chi connectivity index (χ0n) is 16.6. The van der Waals surface area contributed by atoms with Gasteiger partial charge in [-0.1, -0.05) is 49.5 Å². The highest BCUT2D eigenvalue weighted by Gasteiger charge is 2.28. The van der Waals surface area contributed by atoms with Crippen LogP contribution in [-0.2, 0) is 9.59 Å². The molecule has 0 aromatic carbocycles. The van der Waals surface area contributed by atoms with E-state index < -0.39 is 0 Å². The lowest BCUT2D eigenvalue weighted by molar-refractivity contribution is -0.108. The molecule has 4 atom stereocenters. The normalized spacial score (nSPS) is 27.1. The summed E-state index contributed by atoms with van der Waals surface area (Å²) in [6.07, 6.45) is 5.14. The molecule has 2 saturated heterocycles. The average molecular weight is 495 g/mol. The third-order valence-electron chi connectivity index (χ3n) is 4.25. The molecule has 2 rings (SSSR count). The topological polar surface area (TPSA) is 34.1 Å².